The SMILES string of the molecule is CN1c2ccccc2C[C@H]1C(C)(C)C. The Labute approximate surface area is 86.7 Å². The Kier molecular flexibility index (Phi) is 2.06. The predicted molar refractivity (Wildman–Crippen MR) is 61.8 cm³/mol. The van der Waals surface area contributed by atoms with Crippen molar-refractivity contribution >= 4 is 5.69 Å². The van der Waals surface area contributed by atoms with Gasteiger partial charge in [0, 0.05) is 18.8 Å². The molecule has 0 unspecified atom stereocenters. The fourth-order valence-electron chi connectivity index (χ4n) is 2.43. The zero-order valence-electron chi connectivity index (χ0n) is 9.54. The summed E-state index contributed by atoms with van der Waals surface area (Å²) in [5.74, 6) is 0. The minimum absolute atomic E-state index is 0.355. The monoisotopic (exact) mass is 189 g/mol. The van der Waals surface area contributed by atoms with Gasteiger partial charge in [-0.3, -0.25) is 0 Å². The summed E-state index contributed by atoms with van der Waals surface area (Å²) in [4.78, 5) is 2.43. The van der Waals surface area contributed by atoms with E-state index in [1.54, 1.807) is 0 Å². The van der Waals surface area contributed by atoms with Gasteiger partial charge in [0.05, 0.1) is 0 Å². The molecule has 2 rings (SSSR count). The van der Waals surface area contributed by atoms with E-state index in [0.717, 1.165) is 0 Å². The second-order valence-corrected chi connectivity index (χ2v) is 5.33. The zero-order chi connectivity index (χ0) is 10.3. The van der Waals surface area contributed by atoms with Crippen molar-refractivity contribution < 1.29 is 0 Å². The third-order valence-electron chi connectivity index (χ3n) is 3.25. The van der Waals surface area contributed by atoms with Gasteiger partial charge >= 0.3 is 0 Å². The van der Waals surface area contributed by atoms with E-state index in [-0.39, 0.29) is 0 Å². The number of hydrogen-bond donors (Lipinski definition) is 0. The zero-order valence-corrected chi connectivity index (χ0v) is 9.54. The lowest BCUT2D eigenvalue weighted by Crippen LogP contribution is -2.39. The lowest BCUT2D eigenvalue weighted by molar-refractivity contribution is 0.320. The number of para-hydroxylation sites is 1. The smallest absolute Gasteiger partial charge is 0.0399 e. The average molecular weight is 189 g/mol. The molecule has 1 aromatic rings. The van der Waals surface area contributed by atoms with E-state index >= 15 is 0 Å². The van der Waals surface area contributed by atoms with Gasteiger partial charge in [-0.15, -0.1) is 0 Å². The fourth-order valence-corrected chi connectivity index (χ4v) is 2.43. The summed E-state index contributed by atoms with van der Waals surface area (Å²) in [5, 5.41) is 0. The van der Waals surface area contributed by atoms with Gasteiger partial charge in [-0.2, -0.15) is 0 Å². The van der Waals surface area contributed by atoms with E-state index in [4.69, 9.17) is 0 Å². The first-order chi connectivity index (χ1) is 6.50. The lowest BCUT2D eigenvalue weighted by Gasteiger charge is -2.34. The number of nitrogens with zero attached hydrogens (tertiary/aromatic N) is 1. The van der Waals surface area contributed by atoms with Crippen LogP contribution in [0.4, 0.5) is 5.69 Å². The quantitative estimate of drug-likeness (QED) is 0.606. The van der Waals surface area contributed by atoms with Gasteiger partial charge in [-0.05, 0) is 23.5 Å². The van der Waals surface area contributed by atoms with Crippen LogP contribution < -0.4 is 4.90 Å². The van der Waals surface area contributed by atoms with E-state index in [9.17, 15) is 0 Å². The highest BCUT2D eigenvalue weighted by Crippen LogP contribution is 2.38. The van der Waals surface area contributed by atoms with Crippen LogP contribution >= 0.6 is 0 Å². The van der Waals surface area contributed by atoms with Crippen molar-refractivity contribution in [1.29, 1.82) is 0 Å². The summed E-state index contributed by atoms with van der Waals surface area (Å²) in [6.45, 7) is 6.96. The number of likely N-dealkylation sites (N-methyl/N-ethyl adjacent to an activating group) is 1. The summed E-state index contributed by atoms with van der Waals surface area (Å²) in [5.41, 5.74) is 3.26. The molecule has 14 heavy (non-hydrogen) atoms. The van der Waals surface area contributed by atoms with Crippen LogP contribution in [-0.4, -0.2) is 13.1 Å². The Morgan fingerprint density at radius 3 is 2.43 bits per heavy atom. The standard InChI is InChI=1S/C13H19N/c1-13(2,3)12-9-10-7-5-6-8-11(10)14(12)4/h5-8,12H,9H2,1-4H3/t12-/m0/s1. The molecule has 1 heteroatoms. The van der Waals surface area contributed by atoms with Gasteiger partial charge in [0.25, 0.3) is 0 Å². The van der Waals surface area contributed by atoms with Gasteiger partial charge in [-0.1, -0.05) is 39.0 Å². The van der Waals surface area contributed by atoms with Crippen LogP contribution in [-0.2, 0) is 6.42 Å². The molecule has 1 nitrogen and oxygen atoms in total. The second kappa shape index (κ2) is 3.01. The second-order valence-electron chi connectivity index (χ2n) is 5.33. The third kappa shape index (κ3) is 1.41. The normalized spacial score (nSPS) is 21.1. The summed E-state index contributed by atoms with van der Waals surface area (Å²) < 4.78 is 0. The highest BCUT2D eigenvalue weighted by Gasteiger charge is 2.34. The summed E-state index contributed by atoms with van der Waals surface area (Å²) in [6.07, 6.45) is 1.19. The fraction of sp³-hybridized carbons (Fsp3) is 0.538. The maximum atomic E-state index is 2.43. The van der Waals surface area contributed by atoms with Crippen LogP contribution in [0.25, 0.3) is 0 Å². The summed E-state index contributed by atoms with van der Waals surface area (Å²) in [7, 11) is 2.21. The molecule has 1 aliphatic heterocycles. The molecule has 0 radical (unpaired) electrons. The van der Waals surface area contributed by atoms with Crippen molar-refractivity contribution in [2.24, 2.45) is 5.41 Å². The third-order valence-corrected chi connectivity index (χ3v) is 3.25. The Morgan fingerprint density at radius 2 is 1.86 bits per heavy atom. The number of fused-ring (bicyclic) bond motifs is 1. The van der Waals surface area contributed by atoms with Crippen molar-refractivity contribution in [2.45, 2.75) is 33.2 Å². The number of benzene rings is 1. The highest BCUT2D eigenvalue weighted by molar-refractivity contribution is 5.59. The molecule has 1 atom stereocenters. The predicted octanol–water partition coefficient (Wildman–Crippen LogP) is 3.09. The highest BCUT2D eigenvalue weighted by atomic mass is 15.2. The summed E-state index contributed by atoms with van der Waals surface area (Å²) in [6, 6.07) is 9.37. The molecule has 0 aromatic heterocycles. The van der Waals surface area contributed by atoms with Crippen molar-refractivity contribution in [2.75, 3.05) is 11.9 Å². The lowest BCUT2D eigenvalue weighted by atomic mass is 9.84. The van der Waals surface area contributed by atoms with Crippen LogP contribution in [0, 0.1) is 5.41 Å². The van der Waals surface area contributed by atoms with Gasteiger partial charge < -0.3 is 4.90 Å². The molecule has 1 heterocycles. The van der Waals surface area contributed by atoms with Gasteiger partial charge in [-0.25, -0.2) is 0 Å². The topological polar surface area (TPSA) is 3.24 Å². The number of rotatable bonds is 0. The van der Waals surface area contributed by atoms with E-state index < -0.39 is 0 Å². The van der Waals surface area contributed by atoms with E-state index in [1.165, 1.54) is 17.7 Å². The van der Waals surface area contributed by atoms with E-state index in [0.29, 0.717) is 11.5 Å². The van der Waals surface area contributed by atoms with Crippen molar-refractivity contribution in [3.05, 3.63) is 29.8 Å². The number of hydrogen-bond acceptors (Lipinski definition) is 1. The molecular formula is C13H19N. The van der Waals surface area contributed by atoms with Crippen molar-refractivity contribution in [3.8, 4) is 0 Å². The molecule has 0 spiro atoms. The molecule has 1 aliphatic rings. The van der Waals surface area contributed by atoms with Crippen LogP contribution in [0.5, 0.6) is 0 Å². The molecule has 0 aliphatic carbocycles. The van der Waals surface area contributed by atoms with Gasteiger partial charge in [0.2, 0.25) is 0 Å². The minimum atomic E-state index is 0.355. The molecule has 0 amide bonds. The first kappa shape index (κ1) is 9.57. The first-order valence-corrected chi connectivity index (χ1v) is 5.31. The Balaban J connectivity index is 2.35. The minimum Gasteiger partial charge on any atom is -0.371 e. The van der Waals surface area contributed by atoms with E-state index in [2.05, 4.69) is 57.0 Å². The Morgan fingerprint density at radius 1 is 1.21 bits per heavy atom. The molecule has 0 N–H and O–H groups in total. The largest absolute Gasteiger partial charge is 0.371 e. The molecule has 1 aromatic carbocycles. The molecule has 0 fully saturated rings. The van der Waals surface area contributed by atoms with Gasteiger partial charge in [0.15, 0.2) is 0 Å². The van der Waals surface area contributed by atoms with Gasteiger partial charge in [0.1, 0.15) is 0 Å². The Bertz CT molecular complexity index is 335. The van der Waals surface area contributed by atoms with Crippen LogP contribution in [0.3, 0.4) is 0 Å². The number of anilines is 1. The van der Waals surface area contributed by atoms with Crippen molar-refractivity contribution in [3.63, 3.8) is 0 Å². The maximum absolute atomic E-state index is 2.43. The summed E-state index contributed by atoms with van der Waals surface area (Å²) >= 11 is 0. The van der Waals surface area contributed by atoms with E-state index in [1.807, 2.05) is 0 Å². The average Bonchev–Trinajstić information content (AvgIpc) is 2.44. The van der Waals surface area contributed by atoms with Crippen LogP contribution in [0.1, 0.15) is 26.3 Å². The first-order valence-electron chi connectivity index (χ1n) is 5.31. The molecular weight excluding hydrogens is 170 g/mol. The molecule has 76 valence electrons. The molecule has 0 saturated heterocycles. The molecule has 0 saturated carbocycles. The van der Waals surface area contributed by atoms with Crippen LogP contribution in [0.2, 0.25) is 0 Å². The maximum Gasteiger partial charge on any atom is 0.0399 e. The Hall–Kier alpha value is -0.980. The molecule has 0 bridgehead atoms. The van der Waals surface area contributed by atoms with Crippen LogP contribution in [0.15, 0.2) is 24.3 Å². The van der Waals surface area contributed by atoms with Crippen molar-refractivity contribution in [1.82, 2.24) is 0 Å².